The van der Waals surface area contributed by atoms with E-state index in [9.17, 15) is 5.11 Å². The van der Waals surface area contributed by atoms with Gasteiger partial charge in [-0.05, 0) is 19.3 Å². The van der Waals surface area contributed by atoms with E-state index in [-0.39, 0.29) is 13.2 Å². The number of anilines is 1. The van der Waals surface area contributed by atoms with Crippen molar-refractivity contribution in [2.75, 3.05) is 25.1 Å². The second-order valence-electron chi connectivity index (χ2n) is 4.30. The van der Waals surface area contributed by atoms with Gasteiger partial charge in [-0.1, -0.05) is 0 Å². The summed E-state index contributed by atoms with van der Waals surface area (Å²) in [6.07, 6.45) is 4.81. The van der Waals surface area contributed by atoms with Crippen LogP contribution in [-0.2, 0) is 6.61 Å². The van der Waals surface area contributed by atoms with Gasteiger partial charge in [0, 0.05) is 31.8 Å². The summed E-state index contributed by atoms with van der Waals surface area (Å²) in [6.45, 7) is 1.14. The van der Waals surface area contributed by atoms with Crippen LogP contribution in [0.15, 0.2) is 11.6 Å². The summed E-state index contributed by atoms with van der Waals surface area (Å²) in [5, 5.41) is 20.2. The first-order chi connectivity index (χ1) is 8.77. The zero-order valence-corrected chi connectivity index (χ0v) is 11.4. The number of nitrogens with zero attached hydrogens (tertiary/aromatic N) is 3. The molecule has 0 amide bonds. The monoisotopic (exact) mass is 269 g/mol. The van der Waals surface area contributed by atoms with Crippen LogP contribution in [0.5, 0.6) is 0 Å². The molecule has 100 valence electrons. The highest BCUT2D eigenvalue weighted by molar-refractivity contribution is 7.15. The standard InChI is InChI=1S/C12H19N3O2S/c1-14(5-3-2-4-7-16)11-10(9-17)15-6-8-18-12(15)13-11/h6,8,16-17H,2-5,7,9H2,1H3. The number of rotatable bonds is 7. The molecule has 0 aliphatic rings. The minimum Gasteiger partial charge on any atom is -0.396 e. The topological polar surface area (TPSA) is 61.0 Å². The Kier molecular flexibility index (Phi) is 4.57. The number of hydrogen-bond acceptors (Lipinski definition) is 5. The maximum atomic E-state index is 9.47. The second-order valence-corrected chi connectivity index (χ2v) is 5.17. The summed E-state index contributed by atoms with van der Waals surface area (Å²) >= 11 is 1.57. The van der Waals surface area contributed by atoms with Crippen molar-refractivity contribution in [2.45, 2.75) is 25.9 Å². The molecular weight excluding hydrogens is 250 g/mol. The molecule has 6 heteroatoms. The summed E-state index contributed by atoms with van der Waals surface area (Å²) in [4.78, 5) is 7.53. The van der Waals surface area contributed by atoms with Crippen molar-refractivity contribution in [3.63, 3.8) is 0 Å². The highest BCUT2D eigenvalue weighted by Gasteiger charge is 2.15. The fourth-order valence-corrected chi connectivity index (χ4v) is 2.75. The largest absolute Gasteiger partial charge is 0.396 e. The average Bonchev–Trinajstić information content (AvgIpc) is 2.93. The number of imidazole rings is 1. The summed E-state index contributed by atoms with van der Waals surface area (Å²) in [5.41, 5.74) is 0.843. The molecule has 2 N–H and O–H groups in total. The Morgan fingerprint density at radius 2 is 2.17 bits per heavy atom. The van der Waals surface area contributed by atoms with Crippen LogP contribution >= 0.6 is 11.3 Å². The van der Waals surface area contributed by atoms with Crippen LogP contribution < -0.4 is 4.90 Å². The molecular formula is C12H19N3O2S. The molecule has 2 aromatic rings. The quantitative estimate of drug-likeness (QED) is 0.748. The lowest BCUT2D eigenvalue weighted by molar-refractivity contribution is 0.276. The Bertz CT molecular complexity index is 494. The number of fused-ring (bicyclic) bond motifs is 1. The van der Waals surface area contributed by atoms with E-state index in [0.29, 0.717) is 0 Å². The Morgan fingerprint density at radius 3 is 2.89 bits per heavy atom. The summed E-state index contributed by atoms with van der Waals surface area (Å²) in [7, 11) is 1.99. The van der Waals surface area contributed by atoms with E-state index < -0.39 is 0 Å². The third kappa shape index (κ3) is 2.66. The van der Waals surface area contributed by atoms with E-state index in [2.05, 4.69) is 9.88 Å². The van der Waals surface area contributed by atoms with Crippen LogP contribution in [-0.4, -0.2) is 39.8 Å². The lowest BCUT2D eigenvalue weighted by atomic mass is 10.2. The first-order valence-corrected chi connectivity index (χ1v) is 7.03. The molecule has 0 aromatic carbocycles. The molecule has 0 atom stereocenters. The number of aliphatic hydroxyl groups excluding tert-OH is 2. The summed E-state index contributed by atoms with van der Waals surface area (Å²) < 4.78 is 1.93. The molecule has 0 aliphatic heterocycles. The van der Waals surface area contributed by atoms with Gasteiger partial charge in [-0.25, -0.2) is 4.98 Å². The Labute approximate surface area is 110 Å². The van der Waals surface area contributed by atoms with Gasteiger partial charge in [0.1, 0.15) is 0 Å². The number of hydrogen-bond donors (Lipinski definition) is 2. The highest BCUT2D eigenvalue weighted by Crippen LogP contribution is 2.24. The maximum Gasteiger partial charge on any atom is 0.195 e. The Morgan fingerprint density at radius 1 is 1.33 bits per heavy atom. The molecule has 2 aromatic heterocycles. The molecule has 2 rings (SSSR count). The van der Waals surface area contributed by atoms with E-state index in [1.165, 1.54) is 0 Å². The van der Waals surface area contributed by atoms with E-state index in [1.807, 2.05) is 23.0 Å². The van der Waals surface area contributed by atoms with Crippen molar-refractivity contribution >= 4 is 22.1 Å². The number of unbranched alkanes of at least 4 members (excludes halogenated alkanes) is 2. The van der Waals surface area contributed by atoms with Crippen LogP contribution in [0.1, 0.15) is 25.0 Å². The first kappa shape index (κ1) is 13.3. The molecule has 18 heavy (non-hydrogen) atoms. The van der Waals surface area contributed by atoms with E-state index >= 15 is 0 Å². The fraction of sp³-hybridized carbons (Fsp3) is 0.583. The fourth-order valence-electron chi connectivity index (χ4n) is 2.02. The van der Waals surface area contributed by atoms with Crippen LogP contribution in [0.3, 0.4) is 0 Å². The molecule has 0 saturated heterocycles. The van der Waals surface area contributed by atoms with Crippen molar-refractivity contribution in [1.29, 1.82) is 0 Å². The molecule has 0 fully saturated rings. The lowest BCUT2D eigenvalue weighted by Gasteiger charge is -2.17. The van der Waals surface area contributed by atoms with Crippen LogP contribution in [0.2, 0.25) is 0 Å². The number of aliphatic hydroxyl groups is 2. The van der Waals surface area contributed by atoms with E-state index in [1.54, 1.807) is 11.3 Å². The molecule has 0 saturated carbocycles. The lowest BCUT2D eigenvalue weighted by Crippen LogP contribution is -2.20. The Hall–Kier alpha value is -1.11. The molecule has 0 aliphatic carbocycles. The van der Waals surface area contributed by atoms with Crippen LogP contribution in [0.4, 0.5) is 5.82 Å². The van der Waals surface area contributed by atoms with Gasteiger partial charge in [0.05, 0.1) is 12.3 Å². The van der Waals surface area contributed by atoms with Gasteiger partial charge in [-0.2, -0.15) is 0 Å². The SMILES string of the molecule is CN(CCCCCO)c1nc2sccn2c1CO. The molecule has 2 heterocycles. The smallest absolute Gasteiger partial charge is 0.195 e. The van der Waals surface area contributed by atoms with Gasteiger partial charge in [-0.15, -0.1) is 11.3 Å². The van der Waals surface area contributed by atoms with Gasteiger partial charge in [-0.3, -0.25) is 4.40 Å². The predicted octanol–water partition coefficient (Wildman–Crippen LogP) is 1.49. The minimum atomic E-state index is -0.00574. The zero-order chi connectivity index (χ0) is 13.0. The van der Waals surface area contributed by atoms with E-state index in [0.717, 1.165) is 42.3 Å². The van der Waals surface area contributed by atoms with Gasteiger partial charge in [0.15, 0.2) is 10.8 Å². The van der Waals surface area contributed by atoms with Gasteiger partial charge < -0.3 is 15.1 Å². The second kappa shape index (κ2) is 6.17. The van der Waals surface area contributed by atoms with Crippen molar-refractivity contribution in [2.24, 2.45) is 0 Å². The van der Waals surface area contributed by atoms with Gasteiger partial charge >= 0.3 is 0 Å². The first-order valence-electron chi connectivity index (χ1n) is 6.15. The molecule has 0 bridgehead atoms. The summed E-state index contributed by atoms with van der Waals surface area (Å²) in [5.74, 6) is 0.855. The highest BCUT2D eigenvalue weighted by atomic mass is 32.1. The van der Waals surface area contributed by atoms with Crippen molar-refractivity contribution in [3.05, 3.63) is 17.3 Å². The maximum absolute atomic E-state index is 9.47. The Balaban J connectivity index is 2.06. The molecule has 0 unspecified atom stereocenters. The molecule has 5 nitrogen and oxygen atoms in total. The van der Waals surface area contributed by atoms with Crippen LogP contribution in [0.25, 0.3) is 4.96 Å². The van der Waals surface area contributed by atoms with Gasteiger partial charge in [0.25, 0.3) is 0 Å². The molecule has 0 radical (unpaired) electrons. The summed E-state index contributed by atoms with van der Waals surface area (Å²) in [6, 6.07) is 0. The normalized spacial score (nSPS) is 11.3. The minimum absolute atomic E-state index is 0.00574. The van der Waals surface area contributed by atoms with Crippen molar-refractivity contribution < 1.29 is 10.2 Å². The third-order valence-corrected chi connectivity index (χ3v) is 3.76. The van der Waals surface area contributed by atoms with Crippen LogP contribution in [0, 0.1) is 0 Å². The average molecular weight is 269 g/mol. The number of thiazole rings is 1. The third-order valence-electron chi connectivity index (χ3n) is 3.00. The zero-order valence-electron chi connectivity index (χ0n) is 10.5. The van der Waals surface area contributed by atoms with Crippen molar-refractivity contribution in [1.82, 2.24) is 9.38 Å². The predicted molar refractivity (Wildman–Crippen MR) is 73.2 cm³/mol. The number of aromatic nitrogens is 2. The van der Waals surface area contributed by atoms with Gasteiger partial charge in [0.2, 0.25) is 0 Å². The van der Waals surface area contributed by atoms with Crippen molar-refractivity contribution in [3.8, 4) is 0 Å². The van der Waals surface area contributed by atoms with E-state index in [4.69, 9.17) is 5.11 Å². The molecule has 0 spiro atoms.